The molecule has 0 bridgehead atoms. The average molecular weight is 300 g/mol. The minimum absolute atomic E-state index is 0.301. The van der Waals surface area contributed by atoms with Crippen LogP contribution in [0.4, 0.5) is 10.3 Å². The molecule has 2 aromatic rings. The summed E-state index contributed by atoms with van der Waals surface area (Å²) in [5.41, 5.74) is 5.82. The Morgan fingerprint density at radius 1 is 1.44 bits per heavy atom. The second-order valence-corrected chi connectivity index (χ2v) is 4.72. The third-order valence-corrected chi connectivity index (χ3v) is 2.73. The molecule has 2 rings (SSSR count). The van der Waals surface area contributed by atoms with Gasteiger partial charge in [-0.25, -0.2) is 0 Å². The van der Waals surface area contributed by atoms with Crippen molar-refractivity contribution < 1.29 is 4.79 Å². The van der Waals surface area contributed by atoms with Crippen LogP contribution in [0.2, 0.25) is 0 Å². The Hall–Kier alpha value is -1.54. The molecule has 0 aliphatic heterocycles. The molecule has 0 fully saturated rings. The number of rotatable bonds is 2. The highest BCUT2D eigenvalue weighted by molar-refractivity contribution is 9.10. The van der Waals surface area contributed by atoms with Gasteiger partial charge in [0.2, 0.25) is 10.3 Å². The van der Waals surface area contributed by atoms with E-state index in [9.17, 15) is 4.79 Å². The Bertz CT molecular complexity index is 529. The minimum Gasteiger partial charge on any atom is -0.374 e. The predicted octanol–water partition coefficient (Wildman–Crippen LogP) is 1.53. The first kappa shape index (κ1) is 11.0. The van der Waals surface area contributed by atoms with Crippen molar-refractivity contribution in [2.24, 2.45) is 0 Å². The van der Waals surface area contributed by atoms with E-state index in [0.29, 0.717) is 15.8 Å². The number of anilines is 2. The molecule has 0 saturated carbocycles. The van der Waals surface area contributed by atoms with E-state index >= 15 is 0 Å². The lowest BCUT2D eigenvalue weighted by atomic mass is 10.3. The molecule has 0 aliphatic rings. The summed E-state index contributed by atoms with van der Waals surface area (Å²) in [4.78, 5) is 15.6. The Morgan fingerprint density at radius 3 is 2.88 bits per heavy atom. The van der Waals surface area contributed by atoms with Gasteiger partial charge < -0.3 is 5.73 Å². The topological polar surface area (TPSA) is 93.8 Å². The molecule has 2 aromatic heterocycles. The maximum atomic E-state index is 11.7. The van der Waals surface area contributed by atoms with Crippen LogP contribution in [0.15, 0.2) is 22.9 Å². The molecule has 3 N–H and O–H groups in total. The zero-order valence-electron chi connectivity index (χ0n) is 7.85. The van der Waals surface area contributed by atoms with Gasteiger partial charge >= 0.3 is 0 Å². The molecule has 1 amide bonds. The van der Waals surface area contributed by atoms with Crippen molar-refractivity contribution in [3.8, 4) is 0 Å². The molecule has 16 heavy (non-hydrogen) atoms. The number of nitrogen functional groups attached to an aromatic ring is 1. The Balaban J connectivity index is 2.14. The summed E-state index contributed by atoms with van der Waals surface area (Å²) >= 11 is 4.34. The van der Waals surface area contributed by atoms with E-state index in [2.05, 4.69) is 36.4 Å². The van der Waals surface area contributed by atoms with Crippen LogP contribution in [0.3, 0.4) is 0 Å². The Kier molecular flexibility index (Phi) is 3.11. The van der Waals surface area contributed by atoms with Gasteiger partial charge in [0.15, 0.2) is 0 Å². The number of nitrogens with one attached hydrogen (secondary N) is 1. The highest BCUT2D eigenvalue weighted by Gasteiger charge is 2.09. The minimum atomic E-state index is -0.301. The fourth-order valence-corrected chi connectivity index (χ4v) is 1.86. The van der Waals surface area contributed by atoms with Crippen LogP contribution >= 0.6 is 27.3 Å². The third-order valence-electron chi connectivity index (χ3n) is 1.63. The van der Waals surface area contributed by atoms with Crippen LogP contribution in [0.25, 0.3) is 0 Å². The molecule has 0 saturated heterocycles. The highest BCUT2D eigenvalue weighted by atomic mass is 79.9. The lowest BCUT2D eigenvalue weighted by molar-refractivity contribution is 0.102. The summed E-state index contributed by atoms with van der Waals surface area (Å²) in [7, 11) is 0. The molecule has 0 unspecified atom stereocenters. The third kappa shape index (κ3) is 2.52. The van der Waals surface area contributed by atoms with Crippen LogP contribution < -0.4 is 11.1 Å². The Labute approximate surface area is 103 Å². The van der Waals surface area contributed by atoms with Crippen LogP contribution in [0, 0.1) is 0 Å². The summed E-state index contributed by atoms with van der Waals surface area (Å²) in [6.45, 7) is 0. The smallest absolute Gasteiger partial charge is 0.259 e. The SMILES string of the molecule is Nc1nnc(NC(=O)c2cncc(Br)c2)s1. The van der Waals surface area contributed by atoms with Gasteiger partial charge in [-0.3, -0.25) is 15.1 Å². The lowest BCUT2D eigenvalue weighted by Crippen LogP contribution is -2.11. The number of nitrogens with two attached hydrogens (primary N) is 1. The van der Waals surface area contributed by atoms with Gasteiger partial charge in [-0.2, -0.15) is 0 Å². The maximum Gasteiger partial charge on any atom is 0.259 e. The van der Waals surface area contributed by atoms with Crippen LogP contribution in [0.5, 0.6) is 0 Å². The van der Waals surface area contributed by atoms with E-state index in [0.717, 1.165) is 15.8 Å². The van der Waals surface area contributed by atoms with Crippen LogP contribution in [-0.2, 0) is 0 Å². The van der Waals surface area contributed by atoms with Crippen molar-refractivity contribution >= 4 is 43.4 Å². The van der Waals surface area contributed by atoms with Gasteiger partial charge in [0.1, 0.15) is 0 Å². The van der Waals surface area contributed by atoms with Crippen molar-refractivity contribution in [3.63, 3.8) is 0 Å². The number of pyridine rings is 1. The summed E-state index contributed by atoms with van der Waals surface area (Å²) < 4.78 is 0.733. The molecule has 0 spiro atoms. The maximum absolute atomic E-state index is 11.7. The molecule has 6 nitrogen and oxygen atoms in total. The second-order valence-electron chi connectivity index (χ2n) is 2.79. The van der Waals surface area contributed by atoms with Gasteiger partial charge in [0.25, 0.3) is 5.91 Å². The molecular formula is C8H6BrN5OS. The molecule has 0 radical (unpaired) electrons. The zero-order chi connectivity index (χ0) is 11.5. The lowest BCUT2D eigenvalue weighted by Gasteiger charge is -2.00. The van der Waals surface area contributed by atoms with Gasteiger partial charge in [0.05, 0.1) is 5.56 Å². The summed E-state index contributed by atoms with van der Waals surface area (Å²) in [6.07, 6.45) is 3.06. The van der Waals surface area contributed by atoms with Crippen molar-refractivity contribution in [2.45, 2.75) is 0 Å². The molecule has 0 aliphatic carbocycles. The number of hydrogen-bond acceptors (Lipinski definition) is 6. The van der Waals surface area contributed by atoms with E-state index in [1.807, 2.05) is 0 Å². The number of amides is 1. The molecule has 8 heteroatoms. The first-order valence-electron chi connectivity index (χ1n) is 4.16. The Morgan fingerprint density at radius 2 is 2.25 bits per heavy atom. The van der Waals surface area contributed by atoms with Crippen molar-refractivity contribution in [2.75, 3.05) is 11.1 Å². The number of carbonyl (C=O) groups excluding carboxylic acids is 1. The standard InChI is InChI=1S/C8H6BrN5OS/c9-5-1-4(2-11-3-5)6(15)12-8-14-13-7(10)16-8/h1-3H,(H2,10,13)(H,12,14,15). The average Bonchev–Trinajstić information content (AvgIpc) is 2.64. The molecule has 82 valence electrons. The highest BCUT2D eigenvalue weighted by Crippen LogP contribution is 2.17. The van der Waals surface area contributed by atoms with Gasteiger partial charge in [-0.05, 0) is 22.0 Å². The van der Waals surface area contributed by atoms with Crippen LogP contribution in [-0.4, -0.2) is 21.1 Å². The van der Waals surface area contributed by atoms with Crippen molar-refractivity contribution in [1.82, 2.24) is 15.2 Å². The normalized spacial score (nSPS) is 10.1. The quantitative estimate of drug-likeness (QED) is 0.877. The summed E-state index contributed by atoms with van der Waals surface area (Å²) in [6, 6.07) is 1.66. The van der Waals surface area contributed by atoms with Gasteiger partial charge in [-0.1, -0.05) is 11.3 Å². The van der Waals surface area contributed by atoms with E-state index in [1.165, 1.54) is 6.20 Å². The first-order chi connectivity index (χ1) is 7.65. The largest absolute Gasteiger partial charge is 0.374 e. The number of carbonyl (C=O) groups is 1. The number of hydrogen-bond donors (Lipinski definition) is 2. The fourth-order valence-electron chi connectivity index (χ4n) is 0.990. The van der Waals surface area contributed by atoms with Crippen molar-refractivity contribution in [1.29, 1.82) is 0 Å². The van der Waals surface area contributed by atoms with Gasteiger partial charge in [0, 0.05) is 16.9 Å². The van der Waals surface area contributed by atoms with Gasteiger partial charge in [-0.15, -0.1) is 10.2 Å². The summed E-state index contributed by atoms with van der Waals surface area (Å²) in [5, 5.41) is 10.5. The number of aromatic nitrogens is 3. The summed E-state index contributed by atoms with van der Waals surface area (Å²) in [5.74, 6) is -0.301. The first-order valence-corrected chi connectivity index (χ1v) is 5.77. The molecule has 2 heterocycles. The molecule has 0 aromatic carbocycles. The van der Waals surface area contributed by atoms with Crippen LogP contribution in [0.1, 0.15) is 10.4 Å². The number of nitrogens with zero attached hydrogens (tertiary/aromatic N) is 3. The van der Waals surface area contributed by atoms with Crippen molar-refractivity contribution in [3.05, 3.63) is 28.5 Å². The fraction of sp³-hybridized carbons (Fsp3) is 0. The van der Waals surface area contributed by atoms with E-state index in [1.54, 1.807) is 12.3 Å². The second kappa shape index (κ2) is 4.54. The van der Waals surface area contributed by atoms with E-state index < -0.39 is 0 Å². The molecular weight excluding hydrogens is 294 g/mol. The number of halogens is 1. The van der Waals surface area contributed by atoms with E-state index in [4.69, 9.17) is 5.73 Å². The molecule has 0 atom stereocenters. The predicted molar refractivity (Wildman–Crippen MR) is 64.2 cm³/mol. The zero-order valence-corrected chi connectivity index (χ0v) is 10.2. The monoisotopic (exact) mass is 299 g/mol. The van der Waals surface area contributed by atoms with E-state index in [-0.39, 0.29) is 5.91 Å².